The number of nitrogens with zero attached hydrogens (tertiary/aromatic N) is 2. The minimum Gasteiger partial charge on any atom is -0.388 e. The molecule has 0 aliphatic rings. The van der Waals surface area contributed by atoms with Crippen LogP contribution in [0.2, 0.25) is 0 Å². The topological polar surface area (TPSA) is 46.0 Å². The van der Waals surface area contributed by atoms with Crippen molar-refractivity contribution in [2.24, 2.45) is 5.41 Å². The number of aromatic nitrogens is 2. The number of aliphatic hydroxyl groups excluding tert-OH is 1. The molecule has 1 aromatic carbocycles. The maximum absolute atomic E-state index is 10.2. The van der Waals surface area contributed by atoms with Crippen molar-refractivity contribution < 1.29 is 5.11 Å². The first-order valence-corrected chi connectivity index (χ1v) is 6.34. The third-order valence-corrected chi connectivity index (χ3v) is 3.05. The van der Waals surface area contributed by atoms with Gasteiger partial charge in [-0.15, -0.1) is 0 Å². The van der Waals surface area contributed by atoms with Crippen LogP contribution in [0.1, 0.15) is 45.3 Å². The van der Waals surface area contributed by atoms with E-state index in [-0.39, 0.29) is 5.41 Å². The van der Waals surface area contributed by atoms with Gasteiger partial charge in [0.25, 0.3) is 0 Å². The molecular formula is C15H20N2O. The molecule has 1 aromatic heterocycles. The van der Waals surface area contributed by atoms with Crippen molar-refractivity contribution in [3.63, 3.8) is 0 Å². The maximum Gasteiger partial charge on any atom is 0.0890 e. The lowest BCUT2D eigenvalue weighted by Gasteiger charge is -2.20. The molecule has 1 unspecified atom stereocenters. The van der Waals surface area contributed by atoms with Crippen molar-refractivity contribution in [1.82, 2.24) is 9.97 Å². The van der Waals surface area contributed by atoms with Crippen LogP contribution in [0.15, 0.2) is 30.6 Å². The number of hydrogen-bond donors (Lipinski definition) is 1. The minimum atomic E-state index is -0.421. The van der Waals surface area contributed by atoms with Gasteiger partial charge in [-0.3, -0.25) is 9.97 Å². The van der Waals surface area contributed by atoms with E-state index >= 15 is 0 Å². The van der Waals surface area contributed by atoms with Crippen LogP contribution in [-0.2, 0) is 0 Å². The summed E-state index contributed by atoms with van der Waals surface area (Å²) in [5.41, 5.74) is 2.87. The Morgan fingerprint density at radius 1 is 1.11 bits per heavy atom. The summed E-state index contributed by atoms with van der Waals surface area (Å²) in [6.07, 6.45) is 4.70. The Balaban J connectivity index is 2.15. The SMILES string of the molecule is CC(C)(C)CCC(O)c1ccc2nccnc2c1. The molecule has 0 amide bonds. The predicted molar refractivity (Wildman–Crippen MR) is 73.2 cm³/mol. The van der Waals surface area contributed by atoms with Gasteiger partial charge in [-0.1, -0.05) is 26.8 Å². The molecule has 2 aromatic rings. The lowest BCUT2D eigenvalue weighted by molar-refractivity contribution is 0.147. The van der Waals surface area contributed by atoms with E-state index in [2.05, 4.69) is 30.7 Å². The third kappa shape index (κ3) is 3.26. The number of rotatable bonds is 3. The Hall–Kier alpha value is -1.48. The molecule has 0 saturated heterocycles. The zero-order valence-corrected chi connectivity index (χ0v) is 11.2. The molecule has 0 aliphatic carbocycles. The second-order valence-corrected chi connectivity index (χ2v) is 5.92. The van der Waals surface area contributed by atoms with Gasteiger partial charge in [0, 0.05) is 12.4 Å². The quantitative estimate of drug-likeness (QED) is 0.899. The molecule has 1 heterocycles. The molecule has 1 atom stereocenters. The van der Waals surface area contributed by atoms with Crippen molar-refractivity contribution in [3.8, 4) is 0 Å². The summed E-state index contributed by atoms with van der Waals surface area (Å²) in [5, 5.41) is 10.2. The first kappa shape index (κ1) is 13.0. The van der Waals surface area contributed by atoms with Gasteiger partial charge >= 0.3 is 0 Å². The molecule has 3 nitrogen and oxygen atoms in total. The molecule has 0 fully saturated rings. The van der Waals surface area contributed by atoms with Gasteiger partial charge < -0.3 is 5.11 Å². The second kappa shape index (κ2) is 5.02. The first-order valence-electron chi connectivity index (χ1n) is 6.34. The molecule has 3 heteroatoms. The van der Waals surface area contributed by atoms with Gasteiger partial charge in [0.1, 0.15) is 0 Å². The Labute approximate surface area is 108 Å². The highest BCUT2D eigenvalue weighted by Gasteiger charge is 2.15. The zero-order chi connectivity index (χ0) is 13.2. The van der Waals surface area contributed by atoms with E-state index < -0.39 is 6.10 Å². The summed E-state index contributed by atoms with van der Waals surface area (Å²) in [6, 6.07) is 5.78. The van der Waals surface area contributed by atoms with Crippen LogP contribution in [0.4, 0.5) is 0 Å². The molecule has 0 bridgehead atoms. The van der Waals surface area contributed by atoms with Gasteiger partial charge in [-0.25, -0.2) is 0 Å². The van der Waals surface area contributed by atoms with Crippen LogP contribution in [-0.4, -0.2) is 15.1 Å². The van der Waals surface area contributed by atoms with Crippen LogP contribution in [0.3, 0.4) is 0 Å². The zero-order valence-electron chi connectivity index (χ0n) is 11.2. The van der Waals surface area contributed by atoms with E-state index in [0.717, 1.165) is 29.4 Å². The van der Waals surface area contributed by atoms with Crippen molar-refractivity contribution in [2.45, 2.75) is 39.7 Å². The maximum atomic E-state index is 10.2. The fourth-order valence-electron chi connectivity index (χ4n) is 1.92. The van der Waals surface area contributed by atoms with Gasteiger partial charge in [0.05, 0.1) is 17.1 Å². The normalized spacial score (nSPS) is 13.8. The van der Waals surface area contributed by atoms with Crippen molar-refractivity contribution in [3.05, 3.63) is 36.2 Å². The van der Waals surface area contributed by atoms with E-state index in [1.165, 1.54) is 0 Å². The van der Waals surface area contributed by atoms with E-state index in [4.69, 9.17) is 0 Å². The summed E-state index contributed by atoms with van der Waals surface area (Å²) in [5.74, 6) is 0. The molecule has 2 rings (SSSR count). The molecule has 96 valence electrons. The molecule has 1 N–H and O–H groups in total. The lowest BCUT2D eigenvalue weighted by Crippen LogP contribution is -2.08. The fourth-order valence-corrected chi connectivity index (χ4v) is 1.92. The number of aliphatic hydroxyl groups is 1. The van der Waals surface area contributed by atoms with Crippen molar-refractivity contribution >= 4 is 11.0 Å². The lowest BCUT2D eigenvalue weighted by atomic mass is 9.88. The van der Waals surface area contributed by atoms with E-state index in [1.54, 1.807) is 12.4 Å². The van der Waals surface area contributed by atoms with E-state index in [9.17, 15) is 5.11 Å². The van der Waals surface area contributed by atoms with Crippen molar-refractivity contribution in [2.75, 3.05) is 0 Å². The second-order valence-electron chi connectivity index (χ2n) is 5.92. The Morgan fingerprint density at radius 2 is 1.78 bits per heavy atom. The Morgan fingerprint density at radius 3 is 2.44 bits per heavy atom. The molecule has 0 spiro atoms. The minimum absolute atomic E-state index is 0.248. The molecule has 0 saturated carbocycles. The number of benzene rings is 1. The smallest absolute Gasteiger partial charge is 0.0890 e. The standard InChI is InChI=1S/C15H20N2O/c1-15(2,3)7-6-14(18)11-4-5-12-13(10-11)17-9-8-16-12/h4-5,8-10,14,18H,6-7H2,1-3H3. The predicted octanol–water partition coefficient (Wildman–Crippen LogP) is 3.49. The Kier molecular flexibility index (Phi) is 3.62. The molecule has 0 aliphatic heterocycles. The summed E-state index contributed by atoms with van der Waals surface area (Å²) < 4.78 is 0. The number of hydrogen-bond acceptors (Lipinski definition) is 3. The van der Waals surface area contributed by atoms with Crippen LogP contribution >= 0.6 is 0 Å². The van der Waals surface area contributed by atoms with Crippen LogP contribution in [0, 0.1) is 5.41 Å². The average molecular weight is 244 g/mol. The molecular weight excluding hydrogens is 224 g/mol. The van der Waals surface area contributed by atoms with Gasteiger partial charge in [-0.05, 0) is 36.0 Å². The summed E-state index contributed by atoms with van der Waals surface area (Å²) >= 11 is 0. The summed E-state index contributed by atoms with van der Waals surface area (Å²) in [6.45, 7) is 6.56. The van der Waals surface area contributed by atoms with Crippen LogP contribution in [0.5, 0.6) is 0 Å². The van der Waals surface area contributed by atoms with Crippen LogP contribution in [0.25, 0.3) is 11.0 Å². The van der Waals surface area contributed by atoms with Gasteiger partial charge in [0.15, 0.2) is 0 Å². The van der Waals surface area contributed by atoms with Gasteiger partial charge in [-0.2, -0.15) is 0 Å². The summed E-state index contributed by atoms with van der Waals surface area (Å²) in [4.78, 5) is 8.48. The van der Waals surface area contributed by atoms with Crippen LogP contribution < -0.4 is 0 Å². The van der Waals surface area contributed by atoms with Gasteiger partial charge in [0.2, 0.25) is 0 Å². The highest BCUT2D eigenvalue weighted by atomic mass is 16.3. The third-order valence-electron chi connectivity index (χ3n) is 3.05. The van der Waals surface area contributed by atoms with E-state index in [1.807, 2.05) is 18.2 Å². The van der Waals surface area contributed by atoms with Crippen molar-refractivity contribution in [1.29, 1.82) is 0 Å². The largest absolute Gasteiger partial charge is 0.388 e. The highest BCUT2D eigenvalue weighted by molar-refractivity contribution is 5.74. The fraction of sp³-hybridized carbons (Fsp3) is 0.467. The number of fused-ring (bicyclic) bond motifs is 1. The highest BCUT2D eigenvalue weighted by Crippen LogP contribution is 2.28. The molecule has 18 heavy (non-hydrogen) atoms. The molecule has 0 radical (unpaired) electrons. The monoisotopic (exact) mass is 244 g/mol. The summed E-state index contributed by atoms with van der Waals surface area (Å²) in [7, 11) is 0. The Bertz CT molecular complexity index is 531. The van der Waals surface area contributed by atoms with E-state index in [0.29, 0.717) is 0 Å². The average Bonchev–Trinajstić information content (AvgIpc) is 2.34. The first-order chi connectivity index (χ1) is 8.46.